The Kier molecular flexibility index (Phi) is 6.66. The zero-order valence-electron chi connectivity index (χ0n) is 18.6. The number of hydrogen-bond donors (Lipinski definition) is 0. The number of aromatic nitrogens is 2. The van der Waals surface area contributed by atoms with Crippen molar-refractivity contribution < 1.29 is 0 Å². The fourth-order valence-corrected chi connectivity index (χ4v) is 4.11. The first-order valence-corrected chi connectivity index (χ1v) is 11.1. The largest absolute Gasteiger partial charge is 0.331 e. The van der Waals surface area contributed by atoms with E-state index in [0.717, 1.165) is 34.4 Å². The minimum Gasteiger partial charge on any atom is -0.293 e. The third-order valence-electron chi connectivity index (χ3n) is 5.74. The van der Waals surface area contributed by atoms with E-state index in [2.05, 4.69) is 6.07 Å². The Labute approximate surface area is 192 Å². The SMILES string of the molecule is CCCc1cc(=O)n(Cc2ccccc2)c(=O)n1Cc1ccccc1-c1ccccc1C#N. The molecule has 4 aromatic rings. The molecular formula is C28H25N3O2. The molecule has 5 heteroatoms. The molecular weight excluding hydrogens is 410 g/mol. The predicted octanol–water partition coefficient (Wildman–Crippen LogP) is 4.60. The van der Waals surface area contributed by atoms with Gasteiger partial charge in [0.05, 0.1) is 24.7 Å². The lowest BCUT2D eigenvalue weighted by Crippen LogP contribution is -2.41. The van der Waals surface area contributed by atoms with Crippen molar-refractivity contribution in [3.8, 4) is 17.2 Å². The maximum atomic E-state index is 13.5. The molecule has 3 aromatic carbocycles. The van der Waals surface area contributed by atoms with Crippen molar-refractivity contribution in [2.24, 2.45) is 0 Å². The first-order valence-electron chi connectivity index (χ1n) is 11.1. The van der Waals surface area contributed by atoms with Crippen LogP contribution in [0.5, 0.6) is 0 Å². The highest BCUT2D eigenvalue weighted by Gasteiger charge is 2.15. The van der Waals surface area contributed by atoms with Gasteiger partial charge in [0.25, 0.3) is 5.56 Å². The van der Waals surface area contributed by atoms with Gasteiger partial charge < -0.3 is 0 Å². The summed E-state index contributed by atoms with van der Waals surface area (Å²) < 4.78 is 2.99. The molecule has 0 amide bonds. The summed E-state index contributed by atoms with van der Waals surface area (Å²) in [4.78, 5) is 26.4. The second-order valence-electron chi connectivity index (χ2n) is 7.98. The maximum Gasteiger partial charge on any atom is 0.331 e. The van der Waals surface area contributed by atoms with E-state index in [1.54, 1.807) is 16.7 Å². The predicted molar refractivity (Wildman–Crippen MR) is 130 cm³/mol. The van der Waals surface area contributed by atoms with Gasteiger partial charge in [0.2, 0.25) is 0 Å². The van der Waals surface area contributed by atoms with E-state index < -0.39 is 0 Å². The van der Waals surface area contributed by atoms with Gasteiger partial charge in [0.15, 0.2) is 0 Å². The quantitative estimate of drug-likeness (QED) is 0.426. The summed E-state index contributed by atoms with van der Waals surface area (Å²) >= 11 is 0. The molecule has 0 aliphatic carbocycles. The second-order valence-corrected chi connectivity index (χ2v) is 7.98. The van der Waals surface area contributed by atoms with Gasteiger partial charge in [-0.1, -0.05) is 86.1 Å². The fraction of sp³-hybridized carbons (Fsp3) is 0.179. The summed E-state index contributed by atoms with van der Waals surface area (Å²) in [6.45, 7) is 2.57. The molecule has 0 radical (unpaired) electrons. The first kappa shape index (κ1) is 22.0. The molecule has 0 saturated heterocycles. The average Bonchev–Trinajstić information content (AvgIpc) is 2.85. The number of hydrogen-bond acceptors (Lipinski definition) is 3. The van der Waals surface area contributed by atoms with E-state index in [9.17, 15) is 14.9 Å². The molecule has 0 aliphatic rings. The van der Waals surface area contributed by atoms with E-state index in [0.29, 0.717) is 18.5 Å². The summed E-state index contributed by atoms with van der Waals surface area (Å²) in [6, 6.07) is 28.6. The van der Waals surface area contributed by atoms with Crippen LogP contribution < -0.4 is 11.2 Å². The minimum atomic E-state index is -0.321. The summed E-state index contributed by atoms with van der Waals surface area (Å²) in [5.41, 5.74) is 4.26. The molecule has 0 fully saturated rings. The van der Waals surface area contributed by atoms with E-state index in [1.807, 2.05) is 79.7 Å². The molecule has 33 heavy (non-hydrogen) atoms. The molecule has 0 bridgehead atoms. The van der Waals surface area contributed by atoms with Crippen LogP contribution in [0.1, 0.15) is 35.7 Å². The van der Waals surface area contributed by atoms with Gasteiger partial charge in [-0.25, -0.2) is 4.79 Å². The molecule has 5 nitrogen and oxygen atoms in total. The molecule has 4 rings (SSSR count). The lowest BCUT2D eigenvalue weighted by Gasteiger charge is -2.18. The van der Waals surface area contributed by atoms with Crippen molar-refractivity contribution in [2.45, 2.75) is 32.9 Å². The number of nitriles is 1. The Hall–Kier alpha value is -4.17. The average molecular weight is 436 g/mol. The Balaban J connectivity index is 1.84. The Morgan fingerprint density at radius 2 is 1.45 bits per heavy atom. The number of nitrogens with zero attached hydrogens (tertiary/aromatic N) is 3. The van der Waals surface area contributed by atoms with Gasteiger partial charge in [-0.3, -0.25) is 13.9 Å². The molecule has 0 N–H and O–H groups in total. The number of rotatable bonds is 7. The normalized spacial score (nSPS) is 10.7. The lowest BCUT2D eigenvalue weighted by atomic mass is 9.95. The van der Waals surface area contributed by atoms with E-state index in [4.69, 9.17) is 0 Å². The van der Waals surface area contributed by atoms with Gasteiger partial charge in [-0.15, -0.1) is 0 Å². The van der Waals surface area contributed by atoms with E-state index >= 15 is 0 Å². The molecule has 164 valence electrons. The summed E-state index contributed by atoms with van der Waals surface area (Å²) in [5, 5.41) is 9.58. The van der Waals surface area contributed by atoms with Crippen molar-refractivity contribution in [3.05, 3.63) is 128 Å². The third-order valence-corrected chi connectivity index (χ3v) is 5.74. The molecule has 0 saturated carbocycles. The molecule has 0 aliphatic heterocycles. The van der Waals surface area contributed by atoms with Gasteiger partial charge in [-0.05, 0) is 34.7 Å². The molecule has 0 atom stereocenters. The second kappa shape index (κ2) is 9.97. The van der Waals surface area contributed by atoms with Gasteiger partial charge >= 0.3 is 5.69 Å². The smallest absolute Gasteiger partial charge is 0.293 e. The number of benzene rings is 3. The monoisotopic (exact) mass is 435 g/mol. The van der Waals surface area contributed by atoms with Crippen LogP contribution in [0.25, 0.3) is 11.1 Å². The van der Waals surface area contributed by atoms with Crippen LogP contribution >= 0.6 is 0 Å². The zero-order valence-corrected chi connectivity index (χ0v) is 18.6. The first-order chi connectivity index (χ1) is 16.1. The van der Waals surface area contributed by atoms with Crippen molar-refractivity contribution in [3.63, 3.8) is 0 Å². The fourth-order valence-electron chi connectivity index (χ4n) is 4.11. The van der Waals surface area contributed by atoms with Crippen LogP contribution in [0.4, 0.5) is 0 Å². The molecule has 0 unspecified atom stereocenters. The molecule has 0 spiro atoms. The van der Waals surface area contributed by atoms with Crippen LogP contribution in [0.15, 0.2) is 94.5 Å². The van der Waals surface area contributed by atoms with Gasteiger partial charge in [0, 0.05) is 11.8 Å². The Bertz CT molecular complexity index is 1430. The van der Waals surface area contributed by atoms with Crippen molar-refractivity contribution in [1.29, 1.82) is 5.26 Å². The standard InChI is InChI=1S/C28H25N3O2/c1-2-10-24-17-27(32)31(19-21-11-4-3-5-12-21)28(33)30(24)20-23-14-7-9-16-26(23)25-15-8-6-13-22(25)18-29/h3-9,11-17H,2,10,19-20H2,1H3. The highest BCUT2D eigenvalue weighted by Crippen LogP contribution is 2.27. The Morgan fingerprint density at radius 3 is 2.18 bits per heavy atom. The summed E-state index contributed by atoms with van der Waals surface area (Å²) in [6.07, 6.45) is 1.45. The minimum absolute atomic E-state index is 0.226. The summed E-state index contributed by atoms with van der Waals surface area (Å²) in [7, 11) is 0. The number of aryl methyl sites for hydroxylation is 1. The van der Waals surface area contributed by atoms with Crippen LogP contribution in [0.3, 0.4) is 0 Å². The van der Waals surface area contributed by atoms with Crippen LogP contribution in [-0.4, -0.2) is 9.13 Å². The van der Waals surface area contributed by atoms with E-state index in [-0.39, 0.29) is 17.8 Å². The maximum absolute atomic E-state index is 13.5. The molecule has 1 aromatic heterocycles. The Morgan fingerprint density at radius 1 is 0.788 bits per heavy atom. The van der Waals surface area contributed by atoms with Crippen LogP contribution in [-0.2, 0) is 19.5 Å². The van der Waals surface area contributed by atoms with Crippen molar-refractivity contribution in [2.75, 3.05) is 0 Å². The van der Waals surface area contributed by atoms with Crippen molar-refractivity contribution >= 4 is 0 Å². The van der Waals surface area contributed by atoms with Crippen molar-refractivity contribution in [1.82, 2.24) is 9.13 Å². The highest BCUT2D eigenvalue weighted by molar-refractivity contribution is 5.73. The zero-order chi connectivity index (χ0) is 23.2. The highest BCUT2D eigenvalue weighted by atomic mass is 16.2. The topological polar surface area (TPSA) is 67.8 Å². The summed E-state index contributed by atoms with van der Waals surface area (Å²) in [5.74, 6) is 0. The third kappa shape index (κ3) is 4.70. The van der Waals surface area contributed by atoms with Gasteiger partial charge in [0.1, 0.15) is 0 Å². The van der Waals surface area contributed by atoms with Crippen LogP contribution in [0, 0.1) is 11.3 Å². The van der Waals surface area contributed by atoms with Crippen LogP contribution in [0.2, 0.25) is 0 Å². The molecule has 1 heterocycles. The van der Waals surface area contributed by atoms with E-state index in [1.165, 1.54) is 4.57 Å². The lowest BCUT2D eigenvalue weighted by molar-refractivity contribution is 0.582. The van der Waals surface area contributed by atoms with Gasteiger partial charge in [-0.2, -0.15) is 5.26 Å².